The van der Waals surface area contributed by atoms with Gasteiger partial charge in [-0.1, -0.05) is 194 Å². The van der Waals surface area contributed by atoms with Gasteiger partial charge in [0.2, 0.25) is 0 Å². The molecule has 55 heavy (non-hydrogen) atoms. The molecule has 1 heterocycles. The molecule has 3 nitrogen and oxygen atoms in total. The molecule has 1 aromatic heterocycles. The Kier molecular flexibility index (Phi) is 7.08. The van der Waals surface area contributed by atoms with E-state index in [-0.39, 0.29) is 0 Å². The van der Waals surface area contributed by atoms with E-state index in [1.165, 1.54) is 44.5 Å². The number of rotatable bonds is 5. The number of fused-ring (bicyclic) bond motifs is 10. The second-order valence-corrected chi connectivity index (χ2v) is 14.3. The summed E-state index contributed by atoms with van der Waals surface area (Å²) in [4.78, 5) is 16.0. The Morgan fingerprint density at radius 1 is 0.255 bits per heavy atom. The third-order valence-corrected chi connectivity index (χ3v) is 11.4. The molecule has 2 aliphatic rings. The highest BCUT2D eigenvalue weighted by Gasteiger charge is 2.52. The zero-order valence-electron chi connectivity index (χ0n) is 29.9. The Morgan fingerprint density at radius 3 is 1.35 bits per heavy atom. The fraction of sp³-hybridized carbons (Fsp3) is 0.0192. The van der Waals surface area contributed by atoms with E-state index in [4.69, 9.17) is 15.0 Å². The largest absolute Gasteiger partial charge is 0.208 e. The molecule has 11 rings (SSSR count). The van der Waals surface area contributed by atoms with Gasteiger partial charge in [0.05, 0.1) is 5.41 Å². The lowest BCUT2D eigenvalue weighted by Crippen LogP contribution is -2.25. The molecule has 0 radical (unpaired) electrons. The molecule has 3 heteroatoms. The topological polar surface area (TPSA) is 38.7 Å². The summed E-state index contributed by atoms with van der Waals surface area (Å²) in [5, 5.41) is 0. The molecular formula is C52H33N3. The molecule has 0 unspecified atom stereocenters. The van der Waals surface area contributed by atoms with Crippen LogP contribution in [0.15, 0.2) is 200 Å². The van der Waals surface area contributed by atoms with Crippen molar-refractivity contribution in [2.75, 3.05) is 0 Å². The standard InChI is InChI=1S/C52H33N3/c1-3-17-34(18-4-1)36-21-15-22-37(33-36)49-53-50(41-26-8-7-23-38(41)35-19-5-2-6-20-35)55-51(54-49)43-28-16-32-47-48(43)42-27-11-14-31-46(42)52(47)44-29-12-9-24-39(44)40-25-10-13-30-45(40)52/h1-33H. The van der Waals surface area contributed by atoms with Crippen molar-refractivity contribution >= 4 is 0 Å². The van der Waals surface area contributed by atoms with Crippen molar-refractivity contribution in [2.24, 2.45) is 0 Å². The number of hydrogen-bond acceptors (Lipinski definition) is 3. The molecule has 8 aromatic carbocycles. The lowest BCUT2D eigenvalue weighted by Gasteiger charge is -2.30. The highest BCUT2D eigenvalue weighted by molar-refractivity contribution is 5.99. The van der Waals surface area contributed by atoms with Gasteiger partial charge in [0.25, 0.3) is 0 Å². The first-order valence-electron chi connectivity index (χ1n) is 18.8. The summed E-state index contributed by atoms with van der Waals surface area (Å²) in [6.07, 6.45) is 0. The van der Waals surface area contributed by atoms with E-state index in [1.54, 1.807) is 0 Å². The smallest absolute Gasteiger partial charge is 0.164 e. The number of hydrogen-bond donors (Lipinski definition) is 0. The maximum Gasteiger partial charge on any atom is 0.164 e. The zero-order chi connectivity index (χ0) is 36.3. The molecule has 0 atom stereocenters. The Balaban J connectivity index is 1.19. The minimum Gasteiger partial charge on any atom is -0.208 e. The minimum absolute atomic E-state index is 0.461. The van der Waals surface area contributed by atoms with Crippen LogP contribution in [-0.2, 0) is 5.41 Å². The fourth-order valence-corrected chi connectivity index (χ4v) is 9.09. The van der Waals surface area contributed by atoms with Gasteiger partial charge in [0.1, 0.15) is 0 Å². The molecule has 0 fully saturated rings. The number of aromatic nitrogens is 3. The van der Waals surface area contributed by atoms with Gasteiger partial charge >= 0.3 is 0 Å². The molecule has 2 aliphatic carbocycles. The molecule has 0 saturated heterocycles. The number of benzene rings is 8. The first-order chi connectivity index (χ1) is 27.3. The summed E-state index contributed by atoms with van der Waals surface area (Å²) in [5.41, 5.74) is 17.0. The van der Waals surface area contributed by atoms with E-state index in [1.807, 2.05) is 12.1 Å². The molecule has 256 valence electrons. The van der Waals surface area contributed by atoms with E-state index >= 15 is 0 Å². The SMILES string of the molecule is c1ccc(-c2cccc(-c3nc(-c4ccccc4-c4ccccc4)nc(-c4cccc5c4-c4ccccc4C54c5ccccc5-c5ccccc54)n3)c2)cc1. The third kappa shape index (κ3) is 4.73. The molecule has 0 N–H and O–H groups in total. The van der Waals surface area contributed by atoms with Crippen LogP contribution in [0.25, 0.3) is 78.7 Å². The minimum atomic E-state index is -0.461. The Morgan fingerprint density at radius 2 is 0.673 bits per heavy atom. The Labute approximate surface area is 320 Å². The van der Waals surface area contributed by atoms with Crippen LogP contribution in [0.1, 0.15) is 22.3 Å². The average molecular weight is 700 g/mol. The summed E-state index contributed by atoms with van der Waals surface area (Å²) in [6, 6.07) is 71.3. The monoisotopic (exact) mass is 699 g/mol. The summed E-state index contributed by atoms with van der Waals surface area (Å²) in [7, 11) is 0. The van der Waals surface area contributed by atoms with E-state index < -0.39 is 5.41 Å². The van der Waals surface area contributed by atoms with Crippen molar-refractivity contribution in [3.05, 3.63) is 222 Å². The highest BCUT2D eigenvalue weighted by atomic mass is 15.0. The molecule has 0 saturated carbocycles. The van der Waals surface area contributed by atoms with Crippen LogP contribution < -0.4 is 0 Å². The van der Waals surface area contributed by atoms with Crippen molar-refractivity contribution in [3.63, 3.8) is 0 Å². The fourth-order valence-electron chi connectivity index (χ4n) is 9.09. The van der Waals surface area contributed by atoms with Crippen LogP contribution in [0.3, 0.4) is 0 Å². The summed E-state index contributed by atoms with van der Waals surface area (Å²) >= 11 is 0. The second-order valence-electron chi connectivity index (χ2n) is 14.3. The van der Waals surface area contributed by atoms with Crippen molar-refractivity contribution in [1.29, 1.82) is 0 Å². The van der Waals surface area contributed by atoms with Gasteiger partial charge < -0.3 is 0 Å². The third-order valence-electron chi connectivity index (χ3n) is 11.4. The maximum absolute atomic E-state index is 5.40. The van der Waals surface area contributed by atoms with Crippen LogP contribution in [0.2, 0.25) is 0 Å². The quantitative estimate of drug-likeness (QED) is 0.179. The Bertz CT molecular complexity index is 2890. The number of nitrogens with zero attached hydrogens (tertiary/aromatic N) is 3. The van der Waals surface area contributed by atoms with Gasteiger partial charge in [-0.2, -0.15) is 0 Å². The first kappa shape index (κ1) is 31.3. The molecule has 0 bridgehead atoms. The molecule has 0 aliphatic heterocycles. The molecule has 0 amide bonds. The average Bonchev–Trinajstić information content (AvgIpc) is 3.75. The van der Waals surface area contributed by atoms with Gasteiger partial charge in [-0.05, 0) is 72.8 Å². The highest BCUT2D eigenvalue weighted by Crippen LogP contribution is 2.63. The zero-order valence-corrected chi connectivity index (χ0v) is 29.9. The van der Waals surface area contributed by atoms with Crippen molar-refractivity contribution < 1.29 is 0 Å². The van der Waals surface area contributed by atoms with Gasteiger partial charge in [-0.15, -0.1) is 0 Å². The lowest BCUT2D eigenvalue weighted by atomic mass is 9.70. The van der Waals surface area contributed by atoms with Gasteiger partial charge in [0.15, 0.2) is 17.5 Å². The molecule has 9 aromatic rings. The summed E-state index contributed by atoms with van der Waals surface area (Å²) < 4.78 is 0. The van der Waals surface area contributed by atoms with Gasteiger partial charge in [-0.3, -0.25) is 0 Å². The van der Waals surface area contributed by atoms with Crippen molar-refractivity contribution in [3.8, 4) is 78.7 Å². The predicted octanol–water partition coefficient (Wildman–Crippen LogP) is 12.6. The van der Waals surface area contributed by atoms with Gasteiger partial charge in [0, 0.05) is 16.7 Å². The summed E-state index contributed by atoms with van der Waals surface area (Å²) in [5.74, 6) is 1.92. The Hall–Kier alpha value is -7.23. The van der Waals surface area contributed by atoms with Crippen LogP contribution in [0.4, 0.5) is 0 Å². The van der Waals surface area contributed by atoms with Crippen molar-refractivity contribution in [1.82, 2.24) is 15.0 Å². The second kappa shape index (κ2) is 12.4. The molecule has 1 spiro atoms. The maximum atomic E-state index is 5.40. The van der Waals surface area contributed by atoms with Crippen LogP contribution >= 0.6 is 0 Å². The van der Waals surface area contributed by atoms with E-state index in [9.17, 15) is 0 Å². The van der Waals surface area contributed by atoms with Crippen molar-refractivity contribution in [2.45, 2.75) is 5.41 Å². The predicted molar refractivity (Wildman–Crippen MR) is 223 cm³/mol. The summed E-state index contributed by atoms with van der Waals surface area (Å²) in [6.45, 7) is 0. The van der Waals surface area contributed by atoms with Crippen LogP contribution in [0.5, 0.6) is 0 Å². The molecular weight excluding hydrogens is 667 g/mol. The van der Waals surface area contributed by atoms with E-state index in [0.717, 1.165) is 38.9 Å². The van der Waals surface area contributed by atoms with Crippen LogP contribution in [-0.4, -0.2) is 15.0 Å². The lowest BCUT2D eigenvalue weighted by molar-refractivity contribution is 0.794. The first-order valence-corrected chi connectivity index (χ1v) is 18.8. The van der Waals surface area contributed by atoms with E-state index in [2.05, 4.69) is 188 Å². The normalized spacial score (nSPS) is 12.9. The van der Waals surface area contributed by atoms with Gasteiger partial charge in [-0.25, -0.2) is 15.0 Å². The van der Waals surface area contributed by atoms with E-state index in [0.29, 0.717) is 17.5 Å². The van der Waals surface area contributed by atoms with Crippen LogP contribution in [0, 0.1) is 0 Å².